The van der Waals surface area contributed by atoms with Gasteiger partial charge in [0.15, 0.2) is 0 Å². The first-order chi connectivity index (χ1) is 8.74. The van der Waals surface area contributed by atoms with Crippen molar-refractivity contribution in [2.45, 2.75) is 13.5 Å². The van der Waals surface area contributed by atoms with E-state index in [1.807, 2.05) is 18.2 Å². The molecular weight excluding hydrogens is 226 g/mol. The van der Waals surface area contributed by atoms with E-state index in [2.05, 4.69) is 40.1 Å². The van der Waals surface area contributed by atoms with Crippen molar-refractivity contribution < 1.29 is 5.11 Å². The van der Waals surface area contributed by atoms with Gasteiger partial charge in [0.25, 0.3) is 0 Å². The van der Waals surface area contributed by atoms with Crippen molar-refractivity contribution >= 4 is 5.65 Å². The molecule has 2 rings (SSSR count). The summed E-state index contributed by atoms with van der Waals surface area (Å²) >= 11 is 0. The summed E-state index contributed by atoms with van der Waals surface area (Å²) < 4.78 is 2.08. The normalized spacial score (nSPS) is 11.3. The van der Waals surface area contributed by atoms with Crippen LogP contribution in [0.3, 0.4) is 0 Å². The lowest BCUT2D eigenvalue weighted by molar-refractivity contribution is 0.202. The lowest BCUT2D eigenvalue weighted by Crippen LogP contribution is -2.26. The zero-order valence-corrected chi connectivity index (χ0v) is 10.7. The number of aliphatic hydroxyl groups excluding tert-OH is 1. The van der Waals surface area contributed by atoms with Crippen molar-refractivity contribution in [3.8, 4) is 0 Å². The molecule has 0 radical (unpaired) electrons. The predicted molar refractivity (Wildman–Crippen MR) is 72.5 cm³/mol. The first kappa shape index (κ1) is 12.8. The third-order valence-electron chi connectivity index (χ3n) is 2.93. The molecule has 0 aliphatic rings. The van der Waals surface area contributed by atoms with Gasteiger partial charge in [0.2, 0.25) is 0 Å². The van der Waals surface area contributed by atoms with Gasteiger partial charge in [-0.05, 0) is 19.1 Å². The van der Waals surface area contributed by atoms with Gasteiger partial charge in [-0.1, -0.05) is 12.1 Å². The molecule has 0 atom stereocenters. The number of hydrogen-bond donors (Lipinski definition) is 1. The van der Waals surface area contributed by atoms with Crippen LogP contribution in [-0.4, -0.2) is 39.1 Å². The summed E-state index contributed by atoms with van der Waals surface area (Å²) in [6, 6.07) is 6.07. The zero-order valence-electron chi connectivity index (χ0n) is 10.7. The minimum atomic E-state index is 0.153. The molecule has 0 fully saturated rings. The molecule has 2 heterocycles. The van der Waals surface area contributed by atoms with Gasteiger partial charge in [-0.15, -0.1) is 6.58 Å². The summed E-state index contributed by atoms with van der Waals surface area (Å²) in [4.78, 5) is 6.70. The maximum Gasteiger partial charge on any atom is 0.137 e. The number of aryl methyl sites for hydroxylation is 1. The minimum absolute atomic E-state index is 0.153. The van der Waals surface area contributed by atoms with Crippen LogP contribution in [0.4, 0.5) is 0 Å². The SMILES string of the molecule is C=CCN(CCO)Cc1cn2c(C)cccc2n1. The zero-order chi connectivity index (χ0) is 13.0. The molecule has 0 saturated carbocycles. The predicted octanol–water partition coefficient (Wildman–Crippen LogP) is 1.62. The summed E-state index contributed by atoms with van der Waals surface area (Å²) in [5, 5.41) is 9.02. The van der Waals surface area contributed by atoms with Crippen molar-refractivity contribution in [1.29, 1.82) is 0 Å². The topological polar surface area (TPSA) is 40.8 Å². The highest BCUT2D eigenvalue weighted by Gasteiger charge is 2.08. The maximum absolute atomic E-state index is 9.02. The fourth-order valence-electron chi connectivity index (χ4n) is 2.06. The van der Waals surface area contributed by atoms with Gasteiger partial charge in [-0.25, -0.2) is 4.98 Å². The molecule has 1 N–H and O–H groups in total. The number of pyridine rings is 1. The number of aromatic nitrogens is 2. The summed E-state index contributed by atoms with van der Waals surface area (Å²) in [7, 11) is 0. The van der Waals surface area contributed by atoms with E-state index in [1.54, 1.807) is 0 Å². The van der Waals surface area contributed by atoms with E-state index in [9.17, 15) is 0 Å². The minimum Gasteiger partial charge on any atom is -0.395 e. The second-order valence-electron chi connectivity index (χ2n) is 4.38. The lowest BCUT2D eigenvalue weighted by atomic mass is 10.3. The van der Waals surface area contributed by atoms with E-state index in [4.69, 9.17) is 5.11 Å². The quantitative estimate of drug-likeness (QED) is 0.786. The second-order valence-corrected chi connectivity index (χ2v) is 4.38. The first-order valence-electron chi connectivity index (χ1n) is 6.12. The van der Waals surface area contributed by atoms with Crippen LogP contribution in [0.15, 0.2) is 37.1 Å². The Hall–Kier alpha value is -1.65. The number of imidazole rings is 1. The van der Waals surface area contributed by atoms with Gasteiger partial charge in [0.05, 0.1) is 12.3 Å². The molecule has 0 amide bonds. The molecule has 0 aliphatic carbocycles. The number of fused-ring (bicyclic) bond motifs is 1. The standard InChI is InChI=1S/C14H19N3O/c1-3-7-16(8-9-18)10-13-11-17-12(2)5-4-6-14(17)15-13/h3-6,11,18H,1,7-10H2,2H3. The van der Waals surface area contributed by atoms with Crippen LogP contribution in [0, 0.1) is 6.92 Å². The Morgan fingerprint density at radius 1 is 1.50 bits per heavy atom. The van der Waals surface area contributed by atoms with Crippen LogP contribution < -0.4 is 0 Å². The highest BCUT2D eigenvalue weighted by atomic mass is 16.3. The maximum atomic E-state index is 9.02. The smallest absolute Gasteiger partial charge is 0.137 e. The summed E-state index contributed by atoms with van der Waals surface area (Å²) in [5.41, 5.74) is 3.15. The summed E-state index contributed by atoms with van der Waals surface area (Å²) in [6.07, 6.45) is 3.90. The van der Waals surface area contributed by atoms with Gasteiger partial charge < -0.3 is 9.51 Å². The molecule has 4 heteroatoms. The number of aliphatic hydroxyl groups is 1. The molecule has 96 valence electrons. The van der Waals surface area contributed by atoms with Crippen LogP contribution in [-0.2, 0) is 6.54 Å². The highest BCUT2D eigenvalue weighted by Crippen LogP contribution is 2.10. The van der Waals surface area contributed by atoms with Gasteiger partial charge >= 0.3 is 0 Å². The highest BCUT2D eigenvalue weighted by molar-refractivity contribution is 5.41. The monoisotopic (exact) mass is 245 g/mol. The number of rotatable bonds is 6. The van der Waals surface area contributed by atoms with Gasteiger partial charge in [-0.3, -0.25) is 4.90 Å². The van der Waals surface area contributed by atoms with Crippen LogP contribution in [0.1, 0.15) is 11.4 Å². The molecule has 0 spiro atoms. The average molecular weight is 245 g/mol. The van der Waals surface area contributed by atoms with Crippen molar-refractivity contribution in [3.05, 3.63) is 48.4 Å². The van der Waals surface area contributed by atoms with E-state index >= 15 is 0 Å². The molecule has 0 saturated heterocycles. The third-order valence-corrected chi connectivity index (χ3v) is 2.93. The molecule has 0 unspecified atom stereocenters. The molecular formula is C14H19N3O. The fourth-order valence-corrected chi connectivity index (χ4v) is 2.06. The number of hydrogen-bond acceptors (Lipinski definition) is 3. The average Bonchev–Trinajstić information content (AvgIpc) is 2.74. The van der Waals surface area contributed by atoms with Gasteiger partial charge in [0, 0.05) is 31.5 Å². The van der Waals surface area contributed by atoms with E-state index in [0.717, 1.165) is 24.4 Å². The van der Waals surface area contributed by atoms with E-state index < -0.39 is 0 Å². The molecule has 2 aromatic rings. The molecule has 0 aliphatic heterocycles. The Kier molecular flexibility index (Phi) is 4.12. The van der Waals surface area contributed by atoms with Gasteiger partial charge in [-0.2, -0.15) is 0 Å². The van der Waals surface area contributed by atoms with Crippen LogP contribution in [0.25, 0.3) is 5.65 Å². The largest absolute Gasteiger partial charge is 0.395 e. The fraction of sp³-hybridized carbons (Fsp3) is 0.357. The van der Waals surface area contributed by atoms with Crippen molar-refractivity contribution in [2.24, 2.45) is 0 Å². The van der Waals surface area contributed by atoms with Gasteiger partial charge in [0.1, 0.15) is 5.65 Å². The van der Waals surface area contributed by atoms with Crippen LogP contribution in [0.5, 0.6) is 0 Å². The van der Waals surface area contributed by atoms with E-state index in [0.29, 0.717) is 6.54 Å². The second kappa shape index (κ2) is 5.80. The Morgan fingerprint density at radius 2 is 2.33 bits per heavy atom. The Morgan fingerprint density at radius 3 is 3.00 bits per heavy atom. The van der Waals surface area contributed by atoms with E-state index in [1.165, 1.54) is 5.69 Å². The molecule has 2 aromatic heterocycles. The first-order valence-corrected chi connectivity index (χ1v) is 6.12. The molecule has 4 nitrogen and oxygen atoms in total. The van der Waals surface area contributed by atoms with Crippen molar-refractivity contribution in [3.63, 3.8) is 0 Å². The Balaban J connectivity index is 2.20. The van der Waals surface area contributed by atoms with Crippen LogP contribution in [0.2, 0.25) is 0 Å². The van der Waals surface area contributed by atoms with Crippen molar-refractivity contribution in [2.75, 3.05) is 19.7 Å². The number of nitrogens with zero attached hydrogens (tertiary/aromatic N) is 3. The molecule has 0 bridgehead atoms. The molecule has 18 heavy (non-hydrogen) atoms. The summed E-state index contributed by atoms with van der Waals surface area (Å²) in [6.45, 7) is 8.07. The Labute approximate surface area is 107 Å². The van der Waals surface area contributed by atoms with Crippen molar-refractivity contribution in [1.82, 2.24) is 14.3 Å². The van der Waals surface area contributed by atoms with Crippen LogP contribution >= 0.6 is 0 Å². The lowest BCUT2D eigenvalue weighted by Gasteiger charge is -2.17. The third kappa shape index (κ3) is 2.78. The van der Waals surface area contributed by atoms with E-state index in [-0.39, 0.29) is 6.61 Å². The molecule has 0 aromatic carbocycles. The Bertz CT molecular complexity index is 533. The summed E-state index contributed by atoms with van der Waals surface area (Å²) in [5.74, 6) is 0.